The van der Waals surface area contributed by atoms with Crippen molar-refractivity contribution in [2.75, 3.05) is 13.2 Å². The summed E-state index contributed by atoms with van der Waals surface area (Å²) in [4.78, 5) is 0. The predicted octanol–water partition coefficient (Wildman–Crippen LogP) is 2.58. The summed E-state index contributed by atoms with van der Waals surface area (Å²) < 4.78 is 41.6. The van der Waals surface area contributed by atoms with Crippen LogP contribution in [0.4, 0.5) is 13.2 Å². The lowest BCUT2D eigenvalue weighted by atomic mass is 10.2. The highest BCUT2D eigenvalue weighted by Gasteiger charge is 2.06. The first-order valence-corrected chi connectivity index (χ1v) is 5.03. The van der Waals surface area contributed by atoms with E-state index in [0.29, 0.717) is 12.1 Å². The van der Waals surface area contributed by atoms with Gasteiger partial charge >= 0.3 is 0 Å². The van der Waals surface area contributed by atoms with Gasteiger partial charge in [-0.15, -0.1) is 0 Å². The van der Waals surface area contributed by atoms with E-state index < -0.39 is 18.8 Å². The number of hydrogen-bond acceptors (Lipinski definition) is 2. The number of ether oxygens (including phenoxy) is 1. The maximum atomic E-state index is 13.1. The molecule has 0 atom stereocenters. The number of rotatable bonds is 6. The van der Waals surface area contributed by atoms with Crippen molar-refractivity contribution in [3.8, 4) is 5.75 Å². The molecule has 0 aliphatic heterocycles. The lowest BCUT2D eigenvalue weighted by Crippen LogP contribution is -2.12. The molecule has 1 aromatic carbocycles. The van der Waals surface area contributed by atoms with E-state index in [2.05, 4.69) is 5.32 Å². The third kappa shape index (κ3) is 4.53. The Balaban J connectivity index is 2.65. The molecule has 1 N–H and O–H groups in total. The topological polar surface area (TPSA) is 21.3 Å². The fourth-order valence-corrected chi connectivity index (χ4v) is 1.23. The molecular weight excluding hydrogens is 219 g/mol. The van der Waals surface area contributed by atoms with E-state index in [1.54, 1.807) is 6.07 Å². The molecule has 0 aromatic heterocycles. The molecule has 0 saturated carbocycles. The van der Waals surface area contributed by atoms with Gasteiger partial charge in [0.25, 0.3) is 6.43 Å². The third-order valence-corrected chi connectivity index (χ3v) is 1.89. The van der Waals surface area contributed by atoms with E-state index in [1.165, 1.54) is 6.07 Å². The van der Waals surface area contributed by atoms with Crippen LogP contribution in [0, 0.1) is 5.82 Å². The Bertz CT molecular complexity index is 331. The molecule has 0 bridgehead atoms. The van der Waals surface area contributed by atoms with E-state index in [1.807, 2.05) is 6.92 Å². The van der Waals surface area contributed by atoms with Crippen LogP contribution in [0.2, 0.25) is 0 Å². The van der Waals surface area contributed by atoms with E-state index >= 15 is 0 Å². The van der Waals surface area contributed by atoms with Crippen molar-refractivity contribution < 1.29 is 17.9 Å². The van der Waals surface area contributed by atoms with Gasteiger partial charge in [0.15, 0.2) is 0 Å². The second-order valence-corrected chi connectivity index (χ2v) is 3.28. The van der Waals surface area contributed by atoms with Crippen LogP contribution in [0.3, 0.4) is 0 Å². The Morgan fingerprint density at radius 1 is 1.31 bits per heavy atom. The summed E-state index contributed by atoms with van der Waals surface area (Å²) in [6.07, 6.45) is -2.56. The Morgan fingerprint density at radius 2 is 2.06 bits per heavy atom. The first-order valence-electron chi connectivity index (χ1n) is 5.03. The number of nitrogens with one attached hydrogen (secondary N) is 1. The molecular formula is C11H14F3NO. The fourth-order valence-electron chi connectivity index (χ4n) is 1.23. The van der Waals surface area contributed by atoms with Gasteiger partial charge in [-0.3, -0.25) is 0 Å². The van der Waals surface area contributed by atoms with Gasteiger partial charge in [0.1, 0.15) is 18.2 Å². The maximum absolute atomic E-state index is 13.1. The number of alkyl halides is 2. The summed E-state index contributed by atoms with van der Waals surface area (Å²) in [6, 6.07) is 3.99. The Morgan fingerprint density at radius 3 is 2.69 bits per heavy atom. The molecule has 0 spiro atoms. The molecule has 2 nitrogen and oxygen atoms in total. The number of halogens is 3. The molecule has 0 heterocycles. The van der Waals surface area contributed by atoms with Crippen molar-refractivity contribution in [1.29, 1.82) is 0 Å². The summed E-state index contributed by atoms with van der Waals surface area (Å²) in [7, 11) is 0. The molecule has 16 heavy (non-hydrogen) atoms. The zero-order valence-electron chi connectivity index (χ0n) is 8.97. The van der Waals surface area contributed by atoms with Crippen molar-refractivity contribution in [2.45, 2.75) is 19.9 Å². The smallest absolute Gasteiger partial charge is 0.272 e. The molecule has 1 aromatic rings. The van der Waals surface area contributed by atoms with E-state index in [0.717, 1.165) is 12.6 Å². The van der Waals surface area contributed by atoms with Crippen molar-refractivity contribution in [3.05, 3.63) is 29.6 Å². The molecule has 5 heteroatoms. The minimum atomic E-state index is -2.56. The molecule has 0 aliphatic carbocycles. The summed E-state index contributed by atoms with van der Waals surface area (Å²) in [5.41, 5.74) is 0.672. The second-order valence-electron chi connectivity index (χ2n) is 3.28. The van der Waals surface area contributed by atoms with Gasteiger partial charge < -0.3 is 10.1 Å². The Kier molecular flexibility index (Phi) is 5.11. The van der Waals surface area contributed by atoms with Crippen molar-refractivity contribution in [3.63, 3.8) is 0 Å². The standard InChI is InChI=1S/C11H14F3NO/c1-2-15-6-8-3-9(12)5-10(4-8)16-7-11(13)14/h3-5,11,15H,2,6-7H2,1H3. The summed E-state index contributed by atoms with van der Waals surface area (Å²) in [5, 5.41) is 3.01. The van der Waals surface area contributed by atoms with E-state index in [9.17, 15) is 13.2 Å². The lowest BCUT2D eigenvalue weighted by molar-refractivity contribution is 0.0817. The Hall–Kier alpha value is -1.23. The third-order valence-electron chi connectivity index (χ3n) is 1.89. The first-order chi connectivity index (χ1) is 7.61. The fraction of sp³-hybridized carbons (Fsp3) is 0.455. The van der Waals surface area contributed by atoms with Crippen LogP contribution in [-0.2, 0) is 6.54 Å². The molecule has 90 valence electrons. The van der Waals surface area contributed by atoms with Gasteiger partial charge in [0, 0.05) is 12.6 Å². The zero-order chi connectivity index (χ0) is 12.0. The van der Waals surface area contributed by atoms with Gasteiger partial charge in [0.05, 0.1) is 0 Å². The monoisotopic (exact) mass is 233 g/mol. The number of benzene rings is 1. The molecule has 0 amide bonds. The van der Waals surface area contributed by atoms with Gasteiger partial charge in [0.2, 0.25) is 0 Å². The van der Waals surface area contributed by atoms with Gasteiger partial charge in [-0.2, -0.15) is 0 Å². The normalized spacial score (nSPS) is 10.8. The van der Waals surface area contributed by atoms with Crippen LogP contribution in [0.1, 0.15) is 12.5 Å². The lowest BCUT2D eigenvalue weighted by Gasteiger charge is -2.08. The van der Waals surface area contributed by atoms with Gasteiger partial charge in [-0.1, -0.05) is 6.92 Å². The Labute approximate surface area is 92.4 Å². The first kappa shape index (κ1) is 12.8. The summed E-state index contributed by atoms with van der Waals surface area (Å²) >= 11 is 0. The SMILES string of the molecule is CCNCc1cc(F)cc(OCC(F)F)c1. The maximum Gasteiger partial charge on any atom is 0.272 e. The van der Waals surface area contributed by atoms with Crippen molar-refractivity contribution in [2.24, 2.45) is 0 Å². The molecule has 1 rings (SSSR count). The highest BCUT2D eigenvalue weighted by molar-refractivity contribution is 5.29. The molecule has 0 saturated heterocycles. The highest BCUT2D eigenvalue weighted by Crippen LogP contribution is 2.17. The van der Waals surface area contributed by atoms with Crippen LogP contribution in [0.25, 0.3) is 0 Å². The van der Waals surface area contributed by atoms with Crippen LogP contribution in [0.5, 0.6) is 5.75 Å². The molecule has 0 fully saturated rings. The van der Waals surface area contributed by atoms with Gasteiger partial charge in [-0.05, 0) is 24.2 Å². The van der Waals surface area contributed by atoms with E-state index in [-0.39, 0.29) is 5.75 Å². The van der Waals surface area contributed by atoms with Crippen LogP contribution in [0.15, 0.2) is 18.2 Å². The molecule has 0 unspecified atom stereocenters. The quantitative estimate of drug-likeness (QED) is 0.815. The molecule has 0 aliphatic rings. The predicted molar refractivity (Wildman–Crippen MR) is 55.3 cm³/mol. The van der Waals surface area contributed by atoms with Crippen molar-refractivity contribution >= 4 is 0 Å². The highest BCUT2D eigenvalue weighted by atomic mass is 19.3. The average molecular weight is 233 g/mol. The second kappa shape index (κ2) is 6.37. The minimum absolute atomic E-state index is 0.133. The van der Waals surface area contributed by atoms with Crippen LogP contribution in [-0.4, -0.2) is 19.6 Å². The van der Waals surface area contributed by atoms with E-state index in [4.69, 9.17) is 4.74 Å². The summed E-state index contributed by atoms with van der Waals surface area (Å²) in [5.74, 6) is -0.354. The molecule has 0 radical (unpaired) electrons. The summed E-state index contributed by atoms with van der Waals surface area (Å²) in [6.45, 7) is 2.45. The van der Waals surface area contributed by atoms with Crippen LogP contribution < -0.4 is 10.1 Å². The van der Waals surface area contributed by atoms with Crippen LogP contribution >= 0.6 is 0 Å². The van der Waals surface area contributed by atoms with Crippen molar-refractivity contribution in [1.82, 2.24) is 5.32 Å². The largest absolute Gasteiger partial charge is 0.488 e. The zero-order valence-corrected chi connectivity index (χ0v) is 8.97. The average Bonchev–Trinajstić information content (AvgIpc) is 2.23. The van der Waals surface area contributed by atoms with Gasteiger partial charge in [-0.25, -0.2) is 13.2 Å². The minimum Gasteiger partial charge on any atom is -0.488 e. The number of hydrogen-bond donors (Lipinski definition) is 1.